The van der Waals surface area contributed by atoms with Crippen LogP contribution in [0.3, 0.4) is 0 Å². The number of hydrogen-bond donors (Lipinski definition) is 0. The molecule has 8 heteroatoms. The fraction of sp³-hybridized carbons (Fsp3) is 0.182. The highest BCUT2D eigenvalue weighted by molar-refractivity contribution is 8.18. The summed E-state index contributed by atoms with van der Waals surface area (Å²) in [4.78, 5) is 31.8. The van der Waals surface area contributed by atoms with Gasteiger partial charge in [-0.1, -0.05) is 54.6 Å². The zero-order chi connectivity index (χ0) is 28.8. The molecule has 0 saturated carbocycles. The minimum atomic E-state index is -0.409. The van der Waals surface area contributed by atoms with Gasteiger partial charge in [-0.25, -0.2) is 9.79 Å². The fourth-order valence-electron chi connectivity index (χ4n) is 4.41. The molecular weight excluding hydrogens is 536 g/mol. The molecule has 1 aliphatic rings. The summed E-state index contributed by atoms with van der Waals surface area (Å²) in [5, 5.41) is 2.83. The summed E-state index contributed by atoms with van der Waals surface area (Å²) in [5.41, 5.74) is 2.87. The molecule has 4 aromatic carbocycles. The molecule has 0 aromatic heterocycles. The molecule has 1 aliphatic heterocycles. The van der Waals surface area contributed by atoms with Gasteiger partial charge >= 0.3 is 5.97 Å². The van der Waals surface area contributed by atoms with Crippen molar-refractivity contribution < 1.29 is 23.8 Å². The van der Waals surface area contributed by atoms with Gasteiger partial charge in [0.25, 0.3) is 5.91 Å². The van der Waals surface area contributed by atoms with Crippen molar-refractivity contribution in [3.05, 3.63) is 107 Å². The molecular formula is C33H30N2O5S. The Morgan fingerprint density at radius 1 is 0.902 bits per heavy atom. The summed E-state index contributed by atoms with van der Waals surface area (Å²) in [6.07, 6.45) is 1.82. The number of benzene rings is 4. The maximum Gasteiger partial charge on any atom is 0.338 e. The molecule has 1 saturated heterocycles. The Morgan fingerprint density at radius 2 is 1.71 bits per heavy atom. The molecule has 7 nitrogen and oxygen atoms in total. The second kappa shape index (κ2) is 12.7. The number of esters is 1. The van der Waals surface area contributed by atoms with Crippen molar-refractivity contribution in [3.8, 4) is 11.5 Å². The van der Waals surface area contributed by atoms with E-state index in [1.54, 1.807) is 38.2 Å². The Bertz CT molecular complexity index is 1660. The van der Waals surface area contributed by atoms with Crippen molar-refractivity contribution in [1.29, 1.82) is 0 Å². The number of aliphatic imine (C=N–C) groups is 1. The lowest BCUT2D eigenvalue weighted by molar-refractivity contribution is -0.121. The van der Waals surface area contributed by atoms with E-state index in [-0.39, 0.29) is 5.91 Å². The van der Waals surface area contributed by atoms with Crippen molar-refractivity contribution in [3.63, 3.8) is 0 Å². The summed E-state index contributed by atoms with van der Waals surface area (Å²) in [6, 6.07) is 26.9. The molecule has 1 heterocycles. The number of carbonyl (C=O) groups is 2. The average molecular weight is 567 g/mol. The van der Waals surface area contributed by atoms with E-state index in [0.29, 0.717) is 52.6 Å². The third kappa shape index (κ3) is 6.44. The van der Waals surface area contributed by atoms with Gasteiger partial charge in [-0.3, -0.25) is 9.69 Å². The zero-order valence-electron chi connectivity index (χ0n) is 23.1. The predicted octanol–water partition coefficient (Wildman–Crippen LogP) is 7.23. The van der Waals surface area contributed by atoms with E-state index in [0.717, 1.165) is 16.5 Å². The molecule has 0 atom stereocenters. The van der Waals surface area contributed by atoms with Crippen molar-refractivity contribution >= 4 is 51.3 Å². The molecule has 0 radical (unpaired) electrons. The van der Waals surface area contributed by atoms with Gasteiger partial charge in [0, 0.05) is 7.05 Å². The lowest BCUT2D eigenvalue weighted by Crippen LogP contribution is -2.23. The molecule has 0 spiro atoms. The van der Waals surface area contributed by atoms with E-state index in [1.807, 2.05) is 49.4 Å². The summed E-state index contributed by atoms with van der Waals surface area (Å²) in [6.45, 7) is 4.85. The normalized spacial score (nSPS) is 15.1. The first-order chi connectivity index (χ1) is 20.0. The van der Waals surface area contributed by atoms with Crippen molar-refractivity contribution in [2.45, 2.75) is 20.5 Å². The average Bonchev–Trinajstić information content (AvgIpc) is 3.24. The van der Waals surface area contributed by atoms with Gasteiger partial charge in [0.05, 0.1) is 29.4 Å². The second-order valence-corrected chi connectivity index (χ2v) is 10.2. The molecule has 208 valence electrons. The lowest BCUT2D eigenvalue weighted by atomic mass is 10.1. The summed E-state index contributed by atoms with van der Waals surface area (Å²) in [5.74, 6) is 0.668. The molecule has 0 N–H and O–H groups in total. The molecule has 1 fully saturated rings. The SMILES string of the molecule is CCOC(=O)c1cccc(N=C2SC(=Cc3ccc(OCc4cccc5ccccc45)c(OCC)c3)C(=O)N2C)c1. The van der Waals surface area contributed by atoms with Crippen LogP contribution in [0.15, 0.2) is 94.8 Å². The van der Waals surface area contributed by atoms with Crippen molar-refractivity contribution in [2.75, 3.05) is 20.3 Å². The number of ether oxygens (including phenoxy) is 3. The Morgan fingerprint density at radius 3 is 2.54 bits per heavy atom. The lowest BCUT2D eigenvalue weighted by Gasteiger charge is -2.14. The number of thioether (sulfide) groups is 1. The second-order valence-electron chi connectivity index (χ2n) is 9.21. The summed E-state index contributed by atoms with van der Waals surface area (Å²) >= 11 is 1.27. The van der Waals surface area contributed by atoms with Crippen LogP contribution in [0, 0.1) is 0 Å². The Hall–Kier alpha value is -4.56. The van der Waals surface area contributed by atoms with Crippen LogP contribution in [0.25, 0.3) is 16.8 Å². The summed E-state index contributed by atoms with van der Waals surface area (Å²) < 4.78 is 17.2. The van der Waals surface area contributed by atoms with Gasteiger partial charge in [-0.2, -0.15) is 0 Å². The molecule has 0 unspecified atom stereocenters. The standard InChI is InChI=1S/C33H30N2O5S/c1-4-38-29-18-22(16-17-28(29)40-21-25-13-8-11-23-10-6-7-15-27(23)25)19-30-31(36)35(3)33(41-30)34-26-14-9-12-24(20-26)32(37)39-5-2/h6-20H,4-5,21H2,1-3H3. The zero-order valence-corrected chi connectivity index (χ0v) is 23.9. The maximum absolute atomic E-state index is 13.0. The maximum atomic E-state index is 13.0. The van der Waals surface area contributed by atoms with E-state index >= 15 is 0 Å². The topological polar surface area (TPSA) is 77.4 Å². The van der Waals surface area contributed by atoms with Gasteiger partial charge in [-0.05, 0) is 83.9 Å². The molecule has 1 amide bonds. The van der Waals surface area contributed by atoms with Crippen LogP contribution in [0.4, 0.5) is 5.69 Å². The van der Waals surface area contributed by atoms with Crippen LogP contribution in [-0.2, 0) is 16.1 Å². The number of carbonyl (C=O) groups excluding carboxylic acids is 2. The van der Waals surface area contributed by atoms with Crippen molar-refractivity contribution in [1.82, 2.24) is 4.90 Å². The minimum absolute atomic E-state index is 0.162. The van der Waals surface area contributed by atoms with Crippen LogP contribution >= 0.6 is 11.8 Å². The van der Waals surface area contributed by atoms with E-state index in [2.05, 4.69) is 29.3 Å². The van der Waals surface area contributed by atoms with E-state index in [4.69, 9.17) is 14.2 Å². The van der Waals surface area contributed by atoms with Crippen LogP contribution in [0.2, 0.25) is 0 Å². The number of likely N-dealkylation sites (N-methyl/N-ethyl adjacent to an activating group) is 1. The number of amidine groups is 1. The van der Waals surface area contributed by atoms with Gasteiger partial charge in [0.1, 0.15) is 6.61 Å². The quantitative estimate of drug-likeness (QED) is 0.157. The van der Waals surface area contributed by atoms with Gasteiger partial charge < -0.3 is 14.2 Å². The first kappa shape index (κ1) is 28.0. The van der Waals surface area contributed by atoms with Crippen LogP contribution in [0.5, 0.6) is 11.5 Å². The van der Waals surface area contributed by atoms with Gasteiger partial charge in [0.2, 0.25) is 0 Å². The minimum Gasteiger partial charge on any atom is -0.490 e. The van der Waals surface area contributed by atoms with Crippen LogP contribution < -0.4 is 9.47 Å². The molecule has 4 aromatic rings. The molecule has 0 aliphatic carbocycles. The van der Waals surface area contributed by atoms with E-state index in [9.17, 15) is 9.59 Å². The first-order valence-corrected chi connectivity index (χ1v) is 14.2. The number of rotatable bonds is 9. The summed E-state index contributed by atoms with van der Waals surface area (Å²) in [7, 11) is 1.68. The van der Waals surface area contributed by atoms with Gasteiger partial charge in [0.15, 0.2) is 16.7 Å². The number of nitrogens with zero attached hydrogens (tertiary/aromatic N) is 2. The third-order valence-corrected chi connectivity index (χ3v) is 7.47. The highest BCUT2D eigenvalue weighted by Crippen LogP contribution is 2.36. The van der Waals surface area contributed by atoms with Gasteiger partial charge in [-0.15, -0.1) is 0 Å². The predicted molar refractivity (Wildman–Crippen MR) is 164 cm³/mol. The molecule has 5 rings (SSSR count). The highest BCUT2D eigenvalue weighted by Gasteiger charge is 2.30. The number of hydrogen-bond acceptors (Lipinski definition) is 7. The molecule has 41 heavy (non-hydrogen) atoms. The molecule has 0 bridgehead atoms. The third-order valence-electron chi connectivity index (χ3n) is 6.41. The van der Waals surface area contributed by atoms with E-state index in [1.165, 1.54) is 22.0 Å². The van der Waals surface area contributed by atoms with Crippen LogP contribution in [0.1, 0.15) is 35.3 Å². The smallest absolute Gasteiger partial charge is 0.338 e. The Kier molecular flexibility index (Phi) is 8.70. The number of amides is 1. The highest BCUT2D eigenvalue weighted by atomic mass is 32.2. The first-order valence-electron chi connectivity index (χ1n) is 13.4. The van der Waals surface area contributed by atoms with Crippen LogP contribution in [-0.4, -0.2) is 42.2 Å². The van der Waals surface area contributed by atoms with Crippen molar-refractivity contribution in [2.24, 2.45) is 4.99 Å². The largest absolute Gasteiger partial charge is 0.490 e. The Labute approximate surface area is 243 Å². The van der Waals surface area contributed by atoms with E-state index < -0.39 is 5.97 Å². The number of fused-ring (bicyclic) bond motifs is 1. The monoisotopic (exact) mass is 566 g/mol. The Balaban J connectivity index is 1.35. The fourth-order valence-corrected chi connectivity index (χ4v) is 5.39.